The van der Waals surface area contributed by atoms with E-state index in [1.165, 1.54) is 39.1 Å². The SMILES string of the molecule is CN(C)c1ccc(C(=C(c2ccccc2)c2ccc(Br)cc2)c2ccccc2)cc1. The highest BCUT2D eigenvalue weighted by Gasteiger charge is 2.16. The molecule has 4 aromatic carbocycles. The molecular weight excluding hydrogens is 430 g/mol. The van der Waals surface area contributed by atoms with Crippen molar-refractivity contribution in [2.45, 2.75) is 0 Å². The van der Waals surface area contributed by atoms with Crippen LogP contribution in [-0.4, -0.2) is 14.1 Å². The Morgan fingerprint density at radius 3 is 1.27 bits per heavy atom. The molecule has 0 aromatic heterocycles. The first kappa shape index (κ1) is 20.2. The summed E-state index contributed by atoms with van der Waals surface area (Å²) in [6.45, 7) is 0. The Morgan fingerprint density at radius 2 is 0.867 bits per heavy atom. The van der Waals surface area contributed by atoms with Gasteiger partial charge in [-0.25, -0.2) is 0 Å². The zero-order chi connectivity index (χ0) is 20.9. The molecule has 0 saturated carbocycles. The van der Waals surface area contributed by atoms with Gasteiger partial charge in [-0.1, -0.05) is 101 Å². The van der Waals surface area contributed by atoms with Gasteiger partial charge in [0.1, 0.15) is 0 Å². The summed E-state index contributed by atoms with van der Waals surface area (Å²) in [6.07, 6.45) is 0. The van der Waals surface area contributed by atoms with Gasteiger partial charge in [0.2, 0.25) is 0 Å². The molecule has 0 saturated heterocycles. The first-order valence-corrected chi connectivity index (χ1v) is 10.8. The Balaban J connectivity index is 2.04. The first-order valence-electron chi connectivity index (χ1n) is 10.0. The molecule has 1 nitrogen and oxygen atoms in total. The van der Waals surface area contributed by atoms with Gasteiger partial charge in [0.05, 0.1) is 0 Å². The average molecular weight is 454 g/mol. The molecule has 4 rings (SSSR count). The van der Waals surface area contributed by atoms with Gasteiger partial charge in [-0.3, -0.25) is 0 Å². The molecule has 30 heavy (non-hydrogen) atoms. The van der Waals surface area contributed by atoms with Crippen LogP contribution in [0, 0.1) is 0 Å². The molecule has 0 atom stereocenters. The van der Waals surface area contributed by atoms with Crippen LogP contribution in [0.25, 0.3) is 11.1 Å². The van der Waals surface area contributed by atoms with Crippen LogP contribution in [0.1, 0.15) is 22.3 Å². The van der Waals surface area contributed by atoms with Crippen LogP contribution < -0.4 is 4.90 Å². The fraction of sp³-hybridized carbons (Fsp3) is 0.0714. The summed E-state index contributed by atoms with van der Waals surface area (Å²) in [5.41, 5.74) is 8.46. The third-order valence-electron chi connectivity index (χ3n) is 5.18. The lowest BCUT2D eigenvalue weighted by molar-refractivity contribution is 1.13. The predicted octanol–water partition coefficient (Wildman–Crippen LogP) is 7.52. The van der Waals surface area contributed by atoms with Crippen molar-refractivity contribution in [2.75, 3.05) is 19.0 Å². The maximum atomic E-state index is 3.58. The molecule has 0 aliphatic heterocycles. The summed E-state index contributed by atoms with van der Waals surface area (Å²) >= 11 is 3.58. The van der Waals surface area contributed by atoms with E-state index in [1.807, 2.05) is 0 Å². The van der Waals surface area contributed by atoms with Crippen molar-refractivity contribution in [3.05, 3.63) is 136 Å². The third kappa shape index (κ3) is 4.39. The van der Waals surface area contributed by atoms with E-state index in [-0.39, 0.29) is 0 Å². The smallest absolute Gasteiger partial charge is 0.0361 e. The lowest BCUT2D eigenvalue weighted by atomic mass is 9.86. The Bertz CT molecular complexity index is 1130. The topological polar surface area (TPSA) is 3.24 Å². The van der Waals surface area contributed by atoms with E-state index in [1.54, 1.807) is 0 Å². The second-order valence-corrected chi connectivity index (χ2v) is 8.35. The van der Waals surface area contributed by atoms with E-state index in [0.717, 1.165) is 4.47 Å². The fourth-order valence-electron chi connectivity index (χ4n) is 3.66. The summed E-state index contributed by atoms with van der Waals surface area (Å²) in [5, 5.41) is 0. The summed E-state index contributed by atoms with van der Waals surface area (Å²) in [7, 11) is 4.14. The number of benzene rings is 4. The van der Waals surface area contributed by atoms with Crippen molar-refractivity contribution in [2.24, 2.45) is 0 Å². The summed E-state index contributed by atoms with van der Waals surface area (Å²) in [4.78, 5) is 2.13. The van der Waals surface area contributed by atoms with Gasteiger partial charge in [-0.15, -0.1) is 0 Å². The Kier molecular flexibility index (Phi) is 6.15. The highest BCUT2D eigenvalue weighted by Crippen LogP contribution is 2.37. The number of rotatable bonds is 5. The predicted molar refractivity (Wildman–Crippen MR) is 133 cm³/mol. The molecule has 148 valence electrons. The molecular formula is C28H24BrN. The minimum atomic E-state index is 1.08. The molecule has 0 fully saturated rings. The number of hydrogen-bond acceptors (Lipinski definition) is 1. The van der Waals surface area contributed by atoms with Crippen molar-refractivity contribution in [1.29, 1.82) is 0 Å². The number of anilines is 1. The van der Waals surface area contributed by atoms with Crippen LogP contribution in [0.2, 0.25) is 0 Å². The van der Waals surface area contributed by atoms with Gasteiger partial charge in [-0.05, 0) is 57.7 Å². The number of nitrogens with zero attached hydrogens (tertiary/aromatic N) is 1. The number of halogens is 1. The van der Waals surface area contributed by atoms with E-state index in [2.05, 4.69) is 144 Å². The first-order chi connectivity index (χ1) is 14.6. The average Bonchev–Trinajstić information content (AvgIpc) is 2.79. The normalized spacial score (nSPS) is 11.7. The second kappa shape index (κ2) is 9.15. The molecule has 0 spiro atoms. The number of hydrogen-bond donors (Lipinski definition) is 0. The van der Waals surface area contributed by atoms with Crippen molar-refractivity contribution < 1.29 is 0 Å². The van der Waals surface area contributed by atoms with Crippen LogP contribution in [0.4, 0.5) is 5.69 Å². The standard InChI is InChI=1S/C28H24BrN/c1-30(2)26-19-15-24(16-20-26)28(22-11-7-4-8-12-22)27(21-9-5-3-6-10-21)23-13-17-25(29)18-14-23/h3-20H,1-2H3. The molecule has 0 aliphatic rings. The monoisotopic (exact) mass is 453 g/mol. The minimum absolute atomic E-state index is 1.08. The molecule has 4 aromatic rings. The van der Waals surface area contributed by atoms with Gasteiger partial charge in [-0.2, -0.15) is 0 Å². The van der Waals surface area contributed by atoms with Crippen LogP contribution in [0.15, 0.2) is 114 Å². The second-order valence-electron chi connectivity index (χ2n) is 7.43. The highest BCUT2D eigenvalue weighted by molar-refractivity contribution is 9.10. The Morgan fingerprint density at radius 1 is 0.500 bits per heavy atom. The molecule has 0 amide bonds. The Labute approximate surface area is 187 Å². The molecule has 0 N–H and O–H groups in total. The van der Waals surface area contributed by atoms with E-state index in [0.29, 0.717) is 0 Å². The highest BCUT2D eigenvalue weighted by atomic mass is 79.9. The van der Waals surface area contributed by atoms with Gasteiger partial charge in [0.25, 0.3) is 0 Å². The van der Waals surface area contributed by atoms with Crippen molar-refractivity contribution >= 4 is 32.8 Å². The van der Waals surface area contributed by atoms with Gasteiger partial charge >= 0.3 is 0 Å². The zero-order valence-corrected chi connectivity index (χ0v) is 18.8. The van der Waals surface area contributed by atoms with Crippen molar-refractivity contribution in [1.82, 2.24) is 0 Å². The minimum Gasteiger partial charge on any atom is -0.378 e. The summed E-state index contributed by atoms with van der Waals surface area (Å²) in [5.74, 6) is 0. The van der Waals surface area contributed by atoms with Crippen molar-refractivity contribution in [3.8, 4) is 0 Å². The third-order valence-corrected chi connectivity index (χ3v) is 5.71. The largest absolute Gasteiger partial charge is 0.378 e. The van der Waals surface area contributed by atoms with Gasteiger partial charge in [0.15, 0.2) is 0 Å². The van der Waals surface area contributed by atoms with Crippen molar-refractivity contribution in [3.63, 3.8) is 0 Å². The lowest BCUT2D eigenvalue weighted by Crippen LogP contribution is -2.08. The summed E-state index contributed by atoms with van der Waals surface area (Å²) in [6, 6.07) is 38.7. The summed E-state index contributed by atoms with van der Waals surface area (Å²) < 4.78 is 1.08. The molecule has 0 unspecified atom stereocenters. The van der Waals surface area contributed by atoms with E-state index < -0.39 is 0 Å². The van der Waals surface area contributed by atoms with Crippen LogP contribution >= 0.6 is 15.9 Å². The Hall–Kier alpha value is -3.10. The quantitative estimate of drug-likeness (QED) is 0.282. The van der Waals surface area contributed by atoms with E-state index >= 15 is 0 Å². The molecule has 2 heteroatoms. The van der Waals surface area contributed by atoms with Crippen LogP contribution in [0.3, 0.4) is 0 Å². The van der Waals surface area contributed by atoms with Gasteiger partial charge in [0, 0.05) is 24.3 Å². The van der Waals surface area contributed by atoms with Crippen LogP contribution in [-0.2, 0) is 0 Å². The lowest BCUT2D eigenvalue weighted by Gasteiger charge is -2.19. The molecule has 0 radical (unpaired) electrons. The maximum absolute atomic E-state index is 3.58. The van der Waals surface area contributed by atoms with E-state index in [9.17, 15) is 0 Å². The van der Waals surface area contributed by atoms with Gasteiger partial charge < -0.3 is 4.90 Å². The maximum Gasteiger partial charge on any atom is 0.0361 e. The molecule has 0 aliphatic carbocycles. The zero-order valence-electron chi connectivity index (χ0n) is 17.2. The van der Waals surface area contributed by atoms with E-state index in [4.69, 9.17) is 0 Å². The molecule has 0 bridgehead atoms. The molecule has 0 heterocycles. The fourth-order valence-corrected chi connectivity index (χ4v) is 3.93. The van der Waals surface area contributed by atoms with Crippen LogP contribution in [0.5, 0.6) is 0 Å².